The number of carbonyl (C=O) groups is 2. The molecular formula is C24H16FNO4. The maximum atomic E-state index is 13.4. The Hall–Kier alpha value is -4.06. The molecule has 0 atom stereocenters. The zero-order chi connectivity index (χ0) is 21.1. The Morgan fingerprint density at radius 1 is 1.03 bits per heavy atom. The maximum absolute atomic E-state index is 13.4. The number of aryl methyl sites for hydroxylation is 1. The van der Waals surface area contributed by atoms with Crippen molar-refractivity contribution >= 4 is 23.9 Å². The molecule has 0 spiro atoms. The molecule has 0 bridgehead atoms. The second kappa shape index (κ2) is 8.13. The van der Waals surface area contributed by atoms with Crippen molar-refractivity contribution in [2.45, 2.75) is 6.92 Å². The van der Waals surface area contributed by atoms with E-state index in [2.05, 4.69) is 4.99 Å². The van der Waals surface area contributed by atoms with Gasteiger partial charge in [-0.3, -0.25) is 0 Å². The van der Waals surface area contributed by atoms with Crippen LogP contribution in [0.2, 0.25) is 0 Å². The molecule has 30 heavy (non-hydrogen) atoms. The van der Waals surface area contributed by atoms with Crippen LogP contribution in [0.1, 0.15) is 27.0 Å². The van der Waals surface area contributed by atoms with Crippen LogP contribution in [-0.2, 0) is 9.53 Å². The maximum Gasteiger partial charge on any atom is 0.363 e. The summed E-state index contributed by atoms with van der Waals surface area (Å²) in [6.07, 6.45) is 1.54. The molecule has 1 aliphatic heterocycles. The second-order valence-electron chi connectivity index (χ2n) is 6.62. The Morgan fingerprint density at radius 2 is 1.80 bits per heavy atom. The number of carbonyl (C=O) groups excluding carboxylic acids is 2. The molecule has 1 heterocycles. The third-order valence-electron chi connectivity index (χ3n) is 4.45. The molecule has 0 unspecified atom stereocenters. The van der Waals surface area contributed by atoms with Gasteiger partial charge in [0.05, 0.1) is 5.56 Å². The Morgan fingerprint density at radius 3 is 2.53 bits per heavy atom. The summed E-state index contributed by atoms with van der Waals surface area (Å²) in [7, 11) is 0. The van der Waals surface area contributed by atoms with Gasteiger partial charge in [0.15, 0.2) is 5.70 Å². The van der Waals surface area contributed by atoms with Gasteiger partial charge >= 0.3 is 11.9 Å². The summed E-state index contributed by atoms with van der Waals surface area (Å²) in [5.74, 6) is -1.08. The molecule has 0 aromatic heterocycles. The molecule has 0 aliphatic carbocycles. The van der Waals surface area contributed by atoms with Crippen LogP contribution in [0.15, 0.2) is 83.5 Å². The van der Waals surface area contributed by atoms with Gasteiger partial charge in [0, 0.05) is 5.56 Å². The largest absolute Gasteiger partial charge is 0.423 e. The first-order valence-electron chi connectivity index (χ1n) is 9.16. The normalized spacial score (nSPS) is 14.4. The number of cyclic esters (lactones) is 1. The van der Waals surface area contributed by atoms with Crippen molar-refractivity contribution < 1.29 is 23.5 Å². The van der Waals surface area contributed by atoms with Crippen LogP contribution in [-0.4, -0.2) is 17.8 Å². The third kappa shape index (κ3) is 4.17. The van der Waals surface area contributed by atoms with Gasteiger partial charge in [0.1, 0.15) is 11.6 Å². The lowest BCUT2D eigenvalue weighted by Gasteiger charge is -2.06. The summed E-state index contributed by atoms with van der Waals surface area (Å²) in [5, 5.41) is 0. The SMILES string of the molecule is Cc1ccccc1C(=O)Oc1ccc(C=C2N=C(c3cccc(F)c3)OC2=O)cc1. The number of halogens is 1. The van der Waals surface area contributed by atoms with Crippen molar-refractivity contribution in [1.82, 2.24) is 0 Å². The fourth-order valence-electron chi connectivity index (χ4n) is 2.91. The van der Waals surface area contributed by atoms with E-state index >= 15 is 0 Å². The molecule has 3 aromatic carbocycles. The first-order valence-corrected chi connectivity index (χ1v) is 9.16. The topological polar surface area (TPSA) is 65.0 Å². The van der Waals surface area contributed by atoms with E-state index < -0.39 is 17.8 Å². The molecule has 0 saturated carbocycles. The van der Waals surface area contributed by atoms with Crippen molar-refractivity contribution in [2.24, 2.45) is 4.99 Å². The number of rotatable bonds is 4. The van der Waals surface area contributed by atoms with E-state index in [0.717, 1.165) is 5.56 Å². The predicted octanol–water partition coefficient (Wildman–Crippen LogP) is 4.70. The highest BCUT2D eigenvalue weighted by Gasteiger charge is 2.24. The Kier molecular flexibility index (Phi) is 5.22. The summed E-state index contributed by atoms with van der Waals surface area (Å²) in [4.78, 5) is 28.5. The highest BCUT2D eigenvalue weighted by molar-refractivity contribution is 6.12. The lowest BCUT2D eigenvalue weighted by Crippen LogP contribution is -2.09. The van der Waals surface area contributed by atoms with E-state index in [0.29, 0.717) is 22.4 Å². The van der Waals surface area contributed by atoms with Gasteiger partial charge in [-0.25, -0.2) is 19.0 Å². The van der Waals surface area contributed by atoms with Crippen LogP contribution in [0.4, 0.5) is 4.39 Å². The standard InChI is InChI=1S/C24H16FNO4/c1-15-5-2-3-8-20(15)23(27)29-19-11-9-16(10-12-19)13-21-24(28)30-22(26-21)17-6-4-7-18(25)14-17/h2-14H,1H3. The summed E-state index contributed by atoms with van der Waals surface area (Å²) < 4.78 is 23.9. The minimum absolute atomic E-state index is 0.0505. The van der Waals surface area contributed by atoms with Gasteiger partial charge in [-0.15, -0.1) is 0 Å². The predicted molar refractivity (Wildman–Crippen MR) is 110 cm³/mol. The zero-order valence-electron chi connectivity index (χ0n) is 16.0. The van der Waals surface area contributed by atoms with E-state index in [-0.39, 0.29) is 11.6 Å². The van der Waals surface area contributed by atoms with E-state index in [1.54, 1.807) is 48.5 Å². The number of benzene rings is 3. The molecular weight excluding hydrogens is 385 g/mol. The smallest absolute Gasteiger partial charge is 0.363 e. The minimum Gasteiger partial charge on any atom is -0.423 e. The average molecular weight is 401 g/mol. The number of esters is 2. The van der Waals surface area contributed by atoms with Gasteiger partial charge < -0.3 is 9.47 Å². The molecule has 5 nitrogen and oxygen atoms in total. The molecule has 0 radical (unpaired) electrons. The van der Waals surface area contributed by atoms with E-state index in [4.69, 9.17) is 9.47 Å². The van der Waals surface area contributed by atoms with Crippen molar-refractivity contribution in [1.29, 1.82) is 0 Å². The van der Waals surface area contributed by atoms with Crippen LogP contribution < -0.4 is 4.74 Å². The summed E-state index contributed by atoms with van der Waals surface area (Å²) in [6, 6.07) is 19.5. The van der Waals surface area contributed by atoms with Gasteiger partial charge in [-0.2, -0.15) is 0 Å². The lowest BCUT2D eigenvalue weighted by molar-refractivity contribution is -0.129. The number of hydrogen-bond acceptors (Lipinski definition) is 5. The molecule has 0 N–H and O–H groups in total. The van der Waals surface area contributed by atoms with E-state index in [9.17, 15) is 14.0 Å². The summed E-state index contributed by atoms with van der Waals surface area (Å²) in [5.41, 5.74) is 2.47. The van der Waals surface area contributed by atoms with E-state index in [1.807, 2.05) is 19.1 Å². The van der Waals surface area contributed by atoms with Crippen molar-refractivity contribution in [3.8, 4) is 5.75 Å². The van der Waals surface area contributed by atoms with Crippen molar-refractivity contribution in [2.75, 3.05) is 0 Å². The Bertz CT molecular complexity index is 1200. The quantitative estimate of drug-likeness (QED) is 0.361. The van der Waals surface area contributed by atoms with Crippen molar-refractivity contribution in [3.05, 3.63) is 107 Å². The van der Waals surface area contributed by atoms with Crippen LogP contribution >= 0.6 is 0 Å². The van der Waals surface area contributed by atoms with Crippen LogP contribution in [0, 0.1) is 12.7 Å². The number of hydrogen-bond donors (Lipinski definition) is 0. The monoisotopic (exact) mass is 401 g/mol. The number of aliphatic imine (C=N–C) groups is 1. The molecule has 3 aromatic rings. The minimum atomic E-state index is -0.621. The molecule has 148 valence electrons. The summed E-state index contributed by atoms with van der Waals surface area (Å²) >= 11 is 0. The van der Waals surface area contributed by atoms with E-state index in [1.165, 1.54) is 18.2 Å². The molecule has 0 saturated heterocycles. The molecule has 0 amide bonds. The fraction of sp³-hybridized carbons (Fsp3) is 0.0417. The third-order valence-corrected chi connectivity index (χ3v) is 4.45. The highest BCUT2D eigenvalue weighted by atomic mass is 19.1. The lowest BCUT2D eigenvalue weighted by atomic mass is 10.1. The molecule has 0 fully saturated rings. The van der Waals surface area contributed by atoms with Gasteiger partial charge in [0.25, 0.3) is 0 Å². The van der Waals surface area contributed by atoms with Crippen LogP contribution in [0.25, 0.3) is 6.08 Å². The molecule has 4 rings (SSSR count). The Balaban J connectivity index is 1.50. The number of ether oxygens (including phenoxy) is 2. The Labute approximate surface area is 172 Å². The summed E-state index contributed by atoms with van der Waals surface area (Å²) in [6.45, 7) is 1.84. The molecule has 6 heteroatoms. The highest BCUT2D eigenvalue weighted by Crippen LogP contribution is 2.21. The van der Waals surface area contributed by atoms with Gasteiger partial charge in [-0.1, -0.05) is 36.4 Å². The first-order chi connectivity index (χ1) is 14.5. The first kappa shape index (κ1) is 19.3. The van der Waals surface area contributed by atoms with Crippen LogP contribution in [0.5, 0.6) is 5.75 Å². The van der Waals surface area contributed by atoms with Crippen LogP contribution in [0.3, 0.4) is 0 Å². The van der Waals surface area contributed by atoms with Crippen molar-refractivity contribution in [3.63, 3.8) is 0 Å². The zero-order valence-corrected chi connectivity index (χ0v) is 16.0. The number of nitrogens with zero attached hydrogens (tertiary/aromatic N) is 1. The average Bonchev–Trinajstić information content (AvgIpc) is 3.10. The second-order valence-corrected chi connectivity index (χ2v) is 6.62. The van der Waals surface area contributed by atoms with Gasteiger partial charge in [-0.05, 0) is 60.5 Å². The fourth-order valence-corrected chi connectivity index (χ4v) is 2.91. The molecule has 1 aliphatic rings. The van der Waals surface area contributed by atoms with Gasteiger partial charge in [0.2, 0.25) is 5.90 Å².